The van der Waals surface area contributed by atoms with Gasteiger partial charge in [-0.1, -0.05) is 37.3 Å². The average molecular weight is 280 g/mol. The van der Waals surface area contributed by atoms with Gasteiger partial charge in [-0.25, -0.2) is 9.86 Å². The molecule has 0 saturated carbocycles. The Kier molecular flexibility index (Phi) is 6.52. The number of carbonyl (C=O) groups excluding carboxylic acids is 2. The number of hydroxylamine groups is 2. The van der Waals surface area contributed by atoms with Gasteiger partial charge in [-0.15, -0.1) is 0 Å². The van der Waals surface area contributed by atoms with Crippen molar-refractivity contribution >= 4 is 12.0 Å². The van der Waals surface area contributed by atoms with Gasteiger partial charge >= 0.3 is 6.09 Å². The van der Waals surface area contributed by atoms with Gasteiger partial charge in [0.05, 0.1) is 7.11 Å². The molecule has 0 aromatic heterocycles. The number of likely N-dealkylation sites (N-methyl/N-ethyl adjacent to an activating group) is 1. The van der Waals surface area contributed by atoms with Gasteiger partial charge in [-0.3, -0.25) is 9.63 Å². The van der Waals surface area contributed by atoms with E-state index in [1.54, 1.807) is 6.92 Å². The van der Waals surface area contributed by atoms with Crippen molar-refractivity contribution in [3.05, 3.63) is 35.9 Å². The number of nitrogens with zero attached hydrogens (tertiary/aromatic N) is 1. The third-order valence-electron chi connectivity index (χ3n) is 2.80. The summed E-state index contributed by atoms with van der Waals surface area (Å²) in [5.41, 5.74) is 0.885. The number of hydrogen-bond acceptors (Lipinski definition) is 4. The molecule has 20 heavy (non-hydrogen) atoms. The quantitative estimate of drug-likeness (QED) is 0.805. The monoisotopic (exact) mass is 280 g/mol. The molecule has 0 heterocycles. The highest BCUT2D eigenvalue weighted by molar-refractivity contribution is 5.84. The predicted octanol–water partition coefficient (Wildman–Crippen LogP) is 1.71. The molecule has 0 aliphatic rings. The van der Waals surface area contributed by atoms with Crippen molar-refractivity contribution in [1.29, 1.82) is 0 Å². The zero-order valence-corrected chi connectivity index (χ0v) is 12.0. The highest BCUT2D eigenvalue weighted by Gasteiger charge is 2.22. The smallest absolute Gasteiger partial charge is 0.408 e. The van der Waals surface area contributed by atoms with E-state index in [0.29, 0.717) is 6.42 Å². The van der Waals surface area contributed by atoms with Crippen LogP contribution in [-0.2, 0) is 21.0 Å². The zero-order valence-electron chi connectivity index (χ0n) is 12.0. The fourth-order valence-electron chi connectivity index (χ4n) is 1.55. The molecule has 0 bridgehead atoms. The lowest BCUT2D eigenvalue weighted by atomic mass is 10.2. The van der Waals surface area contributed by atoms with Crippen LogP contribution in [0.25, 0.3) is 0 Å². The molecule has 110 valence electrons. The number of ether oxygens (including phenoxy) is 1. The lowest BCUT2D eigenvalue weighted by Gasteiger charge is -2.21. The van der Waals surface area contributed by atoms with Crippen molar-refractivity contribution in [2.75, 3.05) is 14.2 Å². The van der Waals surface area contributed by atoms with Gasteiger partial charge in [0, 0.05) is 7.05 Å². The highest BCUT2D eigenvalue weighted by atomic mass is 16.7. The van der Waals surface area contributed by atoms with E-state index in [2.05, 4.69) is 5.32 Å². The number of hydrogen-bond donors (Lipinski definition) is 1. The molecule has 6 heteroatoms. The predicted molar refractivity (Wildman–Crippen MR) is 73.6 cm³/mol. The summed E-state index contributed by atoms with van der Waals surface area (Å²) in [6.07, 6.45) is -0.175. The van der Waals surface area contributed by atoms with Crippen molar-refractivity contribution in [2.24, 2.45) is 0 Å². The normalized spacial score (nSPS) is 11.6. The number of amides is 2. The standard InChI is InChI=1S/C14H20N2O4/c1-4-12(13(17)16(2)19-3)15-14(18)20-10-11-8-6-5-7-9-11/h5-9,12H,4,10H2,1-3H3,(H,15,18)/t12-/m0/s1. The Labute approximate surface area is 118 Å². The molecule has 1 N–H and O–H groups in total. The van der Waals surface area contributed by atoms with Crippen LogP contribution in [-0.4, -0.2) is 37.3 Å². The molecule has 0 aliphatic heterocycles. The van der Waals surface area contributed by atoms with E-state index in [9.17, 15) is 9.59 Å². The summed E-state index contributed by atoms with van der Waals surface area (Å²) in [4.78, 5) is 28.3. The van der Waals surface area contributed by atoms with Crippen LogP contribution in [0, 0.1) is 0 Å². The molecule has 1 aromatic rings. The molecule has 0 radical (unpaired) electrons. The van der Waals surface area contributed by atoms with Crippen molar-refractivity contribution in [3.8, 4) is 0 Å². The topological polar surface area (TPSA) is 67.9 Å². The molecule has 0 fully saturated rings. The Morgan fingerprint density at radius 1 is 1.30 bits per heavy atom. The first-order valence-corrected chi connectivity index (χ1v) is 6.37. The fourth-order valence-corrected chi connectivity index (χ4v) is 1.55. The first-order chi connectivity index (χ1) is 9.58. The highest BCUT2D eigenvalue weighted by Crippen LogP contribution is 2.02. The second-order valence-corrected chi connectivity index (χ2v) is 4.19. The minimum absolute atomic E-state index is 0.164. The summed E-state index contributed by atoms with van der Waals surface area (Å²) in [6, 6.07) is 8.66. The fraction of sp³-hybridized carbons (Fsp3) is 0.429. The van der Waals surface area contributed by atoms with Crippen molar-refractivity contribution in [3.63, 3.8) is 0 Å². The Hall–Kier alpha value is -2.08. The second kappa shape index (κ2) is 8.16. The van der Waals surface area contributed by atoms with Crippen LogP contribution >= 0.6 is 0 Å². The van der Waals surface area contributed by atoms with Gasteiger partial charge in [-0.05, 0) is 12.0 Å². The van der Waals surface area contributed by atoms with Gasteiger partial charge in [0.2, 0.25) is 0 Å². The summed E-state index contributed by atoms with van der Waals surface area (Å²) in [6.45, 7) is 1.96. The molecule has 0 aliphatic carbocycles. The number of carbonyl (C=O) groups is 2. The van der Waals surface area contributed by atoms with Crippen LogP contribution in [0.4, 0.5) is 4.79 Å². The Morgan fingerprint density at radius 2 is 1.95 bits per heavy atom. The number of alkyl carbamates (subject to hydrolysis) is 1. The molecule has 0 saturated heterocycles. The SMILES string of the molecule is CC[C@H](NC(=O)OCc1ccccc1)C(=O)N(C)OC. The third kappa shape index (κ3) is 4.89. The molecule has 2 amide bonds. The van der Waals surface area contributed by atoms with E-state index in [0.717, 1.165) is 10.6 Å². The van der Waals surface area contributed by atoms with Crippen LogP contribution in [0.2, 0.25) is 0 Å². The third-order valence-corrected chi connectivity index (χ3v) is 2.80. The van der Waals surface area contributed by atoms with Crippen LogP contribution in [0.1, 0.15) is 18.9 Å². The van der Waals surface area contributed by atoms with Crippen molar-refractivity contribution in [1.82, 2.24) is 10.4 Å². The lowest BCUT2D eigenvalue weighted by molar-refractivity contribution is -0.171. The molecule has 0 spiro atoms. The Balaban J connectivity index is 2.45. The van der Waals surface area contributed by atoms with Gasteiger partial charge in [0.15, 0.2) is 0 Å². The maximum atomic E-state index is 11.8. The van der Waals surface area contributed by atoms with Gasteiger partial charge in [0.25, 0.3) is 5.91 Å². The maximum absolute atomic E-state index is 11.8. The van der Waals surface area contributed by atoms with Gasteiger partial charge in [0.1, 0.15) is 12.6 Å². The van der Waals surface area contributed by atoms with E-state index < -0.39 is 12.1 Å². The first kappa shape index (κ1) is 16.0. The minimum Gasteiger partial charge on any atom is -0.445 e. The van der Waals surface area contributed by atoms with E-state index in [-0.39, 0.29) is 12.5 Å². The van der Waals surface area contributed by atoms with Gasteiger partial charge < -0.3 is 10.1 Å². The van der Waals surface area contributed by atoms with Crippen LogP contribution in [0.15, 0.2) is 30.3 Å². The van der Waals surface area contributed by atoms with Crippen molar-refractivity contribution < 1.29 is 19.2 Å². The summed E-state index contributed by atoms with van der Waals surface area (Å²) in [5, 5.41) is 3.59. The van der Waals surface area contributed by atoms with Crippen LogP contribution < -0.4 is 5.32 Å². The lowest BCUT2D eigenvalue weighted by Crippen LogP contribution is -2.46. The second-order valence-electron chi connectivity index (χ2n) is 4.19. The zero-order chi connectivity index (χ0) is 15.0. The number of rotatable bonds is 6. The summed E-state index contributed by atoms with van der Waals surface area (Å²) < 4.78 is 5.06. The van der Waals surface area contributed by atoms with Crippen LogP contribution in [0.5, 0.6) is 0 Å². The molecule has 0 unspecified atom stereocenters. The van der Waals surface area contributed by atoms with E-state index in [1.165, 1.54) is 14.2 Å². The largest absolute Gasteiger partial charge is 0.445 e. The molecular weight excluding hydrogens is 260 g/mol. The Morgan fingerprint density at radius 3 is 2.50 bits per heavy atom. The number of benzene rings is 1. The van der Waals surface area contributed by atoms with E-state index >= 15 is 0 Å². The minimum atomic E-state index is -0.664. The Bertz CT molecular complexity index is 436. The van der Waals surface area contributed by atoms with E-state index in [1.807, 2.05) is 30.3 Å². The molecule has 1 aromatic carbocycles. The molecule has 1 atom stereocenters. The summed E-state index contributed by atoms with van der Waals surface area (Å²) in [5.74, 6) is -0.327. The van der Waals surface area contributed by atoms with Crippen molar-refractivity contribution in [2.45, 2.75) is 26.0 Å². The average Bonchev–Trinajstić information content (AvgIpc) is 2.50. The summed E-state index contributed by atoms with van der Waals surface area (Å²) >= 11 is 0. The van der Waals surface area contributed by atoms with Crippen LogP contribution in [0.3, 0.4) is 0 Å². The number of nitrogens with one attached hydrogen (secondary N) is 1. The van der Waals surface area contributed by atoms with Gasteiger partial charge in [-0.2, -0.15) is 0 Å². The molecule has 1 rings (SSSR count). The van der Waals surface area contributed by atoms with E-state index in [4.69, 9.17) is 9.57 Å². The molecular formula is C14H20N2O4. The first-order valence-electron chi connectivity index (χ1n) is 6.37. The molecule has 6 nitrogen and oxygen atoms in total. The summed E-state index contributed by atoms with van der Waals surface area (Å²) in [7, 11) is 2.88. The maximum Gasteiger partial charge on any atom is 0.408 e.